The minimum atomic E-state index is -1.23. The first-order chi connectivity index (χ1) is 10.3. The van der Waals surface area contributed by atoms with Crippen LogP contribution in [0.5, 0.6) is 5.75 Å². The second-order valence-electron chi connectivity index (χ2n) is 6.01. The lowest BCUT2D eigenvalue weighted by atomic mass is 10.1. The van der Waals surface area contributed by atoms with Crippen molar-refractivity contribution in [3.63, 3.8) is 0 Å². The monoisotopic (exact) mass is 304 g/mol. The van der Waals surface area contributed by atoms with Crippen LogP contribution < -0.4 is 4.74 Å². The Kier molecular flexibility index (Phi) is 4.54. The van der Waals surface area contributed by atoms with Crippen LogP contribution in [0.25, 0.3) is 6.08 Å². The van der Waals surface area contributed by atoms with Gasteiger partial charge in [0.25, 0.3) is 5.79 Å². The predicted octanol–water partition coefficient (Wildman–Crippen LogP) is 2.94. The fourth-order valence-corrected chi connectivity index (χ4v) is 1.90. The fraction of sp³-hybridized carbons (Fsp3) is 0.412. The van der Waals surface area contributed by atoms with E-state index in [4.69, 9.17) is 14.2 Å². The largest absolute Gasteiger partial charge is 0.493 e. The summed E-state index contributed by atoms with van der Waals surface area (Å²) in [6.07, 6.45) is 1.45. The molecule has 22 heavy (non-hydrogen) atoms. The maximum atomic E-state index is 11.9. The molecule has 1 aromatic carbocycles. The molecule has 0 atom stereocenters. The highest BCUT2D eigenvalue weighted by atomic mass is 16.7. The predicted molar refractivity (Wildman–Crippen MR) is 81.0 cm³/mol. The number of esters is 2. The van der Waals surface area contributed by atoms with Crippen molar-refractivity contribution >= 4 is 18.0 Å². The second kappa shape index (κ2) is 6.22. The van der Waals surface area contributed by atoms with Crippen LogP contribution >= 0.6 is 0 Å². The molecule has 2 rings (SSSR count). The van der Waals surface area contributed by atoms with E-state index in [2.05, 4.69) is 13.8 Å². The molecule has 118 valence electrons. The van der Waals surface area contributed by atoms with Crippen molar-refractivity contribution < 1.29 is 23.8 Å². The van der Waals surface area contributed by atoms with Gasteiger partial charge in [0, 0.05) is 13.8 Å². The first kappa shape index (κ1) is 16.1. The van der Waals surface area contributed by atoms with E-state index in [1.54, 1.807) is 18.2 Å². The molecule has 0 bridgehead atoms. The highest BCUT2D eigenvalue weighted by Crippen LogP contribution is 2.25. The summed E-state index contributed by atoms with van der Waals surface area (Å²) < 4.78 is 15.7. The normalized spacial score (nSPS) is 17.0. The second-order valence-corrected chi connectivity index (χ2v) is 6.01. The summed E-state index contributed by atoms with van der Waals surface area (Å²) in [5.74, 6) is -1.51. The number of benzene rings is 1. The number of rotatable bonds is 4. The summed E-state index contributed by atoms with van der Waals surface area (Å²) in [6.45, 7) is 7.74. The Morgan fingerprint density at radius 2 is 1.82 bits per heavy atom. The minimum absolute atomic E-state index is 0.125. The highest BCUT2D eigenvalue weighted by molar-refractivity contribution is 6.18. The molecular formula is C17H20O5. The average Bonchev–Trinajstić information content (AvgIpc) is 2.40. The van der Waals surface area contributed by atoms with Gasteiger partial charge in [0.2, 0.25) is 0 Å². The standard InChI is InChI=1S/C17H20O5/c1-11(2)10-20-13-7-5-6-12(8-13)9-14-15(18)21-17(3,4)22-16(14)19/h5-9,11H,10H2,1-4H3. The van der Waals surface area contributed by atoms with Gasteiger partial charge in [-0.3, -0.25) is 0 Å². The molecular weight excluding hydrogens is 284 g/mol. The van der Waals surface area contributed by atoms with Crippen LogP contribution in [0.1, 0.15) is 33.3 Å². The van der Waals surface area contributed by atoms with E-state index in [-0.39, 0.29) is 5.57 Å². The van der Waals surface area contributed by atoms with Gasteiger partial charge in [-0.05, 0) is 29.7 Å². The summed E-state index contributed by atoms with van der Waals surface area (Å²) in [5, 5.41) is 0. The number of carbonyl (C=O) groups is 2. The molecule has 1 aliphatic heterocycles. The number of carbonyl (C=O) groups excluding carboxylic acids is 2. The van der Waals surface area contributed by atoms with Crippen molar-refractivity contribution in [1.82, 2.24) is 0 Å². The molecule has 0 aromatic heterocycles. The van der Waals surface area contributed by atoms with Crippen LogP contribution in [0.15, 0.2) is 29.8 Å². The average molecular weight is 304 g/mol. The van der Waals surface area contributed by atoms with Crippen molar-refractivity contribution in [3.05, 3.63) is 35.4 Å². The Labute approximate surface area is 129 Å². The number of hydrogen-bond acceptors (Lipinski definition) is 5. The molecule has 1 aromatic rings. The Balaban J connectivity index is 2.20. The first-order valence-electron chi connectivity index (χ1n) is 7.18. The molecule has 0 radical (unpaired) electrons. The van der Waals surface area contributed by atoms with Crippen LogP contribution in [-0.2, 0) is 19.1 Å². The number of ether oxygens (including phenoxy) is 3. The van der Waals surface area contributed by atoms with Crippen LogP contribution in [0, 0.1) is 5.92 Å². The molecule has 1 heterocycles. The van der Waals surface area contributed by atoms with Gasteiger partial charge >= 0.3 is 11.9 Å². The molecule has 0 unspecified atom stereocenters. The molecule has 0 aliphatic carbocycles. The molecule has 1 fully saturated rings. The first-order valence-corrected chi connectivity index (χ1v) is 7.18. The van der Waals surface area contributed by atoms with Crippen molar-refractivity contribution in [2.75, 3.05) is 6.61 Å². The lowest BCUT2D eigenvalue weighted by Crippen LogP contribution is -2.41. The smallest absolute Gasteiger partial charge is 0.348 e. The maximum absolute atomic E-state index is 11.9. The zero-order chi connectivity index (χ0) is 16.3. The van der Waals surface area contributed by atoms with Gasteiger partial charge < -0.3 is 14.2 Å². The summed E-state index contributed by atoms with van der Waals surface area (Å²) in [6, 6.07) is 7.15. The van der Waals surface area contributed by atoms with E-state index >= 15 is 0 Å². The number of cyclic esters (lactones) is 2. The minimum Gasteiger partial charge on any atom is -0.493 e. The Hall–Kier alpha value is -2.30. The molecule has 1 saturated heterocycles. The SMILES string of the molecule is CC(C)COc1cccc(C=C2C(=O)OC(C)(C)OC2=O)c1. The van der Waals surface area contributed by atoms with E-state index in [9.17, 15) is 9.59 Å². The Morgan fingerprint density at radius 3 is 2.41 bits per heavy atom. The zero-order valence-corrected chi connectivity index (χ0v) is 13.2. The molecule has 0 amide bonds. The molecule has 0 N–H and O–H groups in total. The van der Waals surface area contributed by atoms with Crippen molar-refractivity contribution in [1.29, 1.82) is 0 Å². The van der Waals surface area contributed by atoms with E-state index < -0.39 is 17.7 Å². The third-order valence-electron chi connectivity index (χ3n) is 2.87. The van der Waals surface area contributed by atoms with Gasteiger partial charge in [0.1, 0.15) is 11.3 Å². The summed E-state index contributed by atoms with van der Waals surface area (Å²) >= 11 is 0. The topological polar surface area (TPSA) is 61.8 Å². The Morgan fingerprint density at radius 1 is 1.18 bits per heavy atom. The van der Waals surface area contributed by atoms with Crippen molar-refractivity contribution in [2.45, 2.75) is 33.5 Å². The molecule has 0 saturated carbocycles. The van der Waals surface area contributed by atoms with E-state index in [1.165, 1.54) is 19.9 Å². The lowest BCUT2D eigenvalue weighted by Gasteiger charge is -2.29. The van der Waals surface area contributed by atoms with E-state index in [0.29, 0.717) is 23.8 Å². The summed E-state index contributed by atoms with van der Waals surface area (Å²) in [7, 11) is 0. The van der Waals surface area contributed by atoms with E-state index in [0.717, 1.165) is 0 Å². The molecule has 5 nitrogen and oxygen atoms in total. The maximum Gasteiger partial charge on any atom is 0.348 e. The zero-order valence-electron chi connectivity index (χ0n) is 13.2. The number of hydrogen-bond donors (Lipinski definition) is 0. The third kappa shape index (κ3) is 4.10. The van der Waals surface area contributed by atoms with Crippen molar-refractivity contribution in [3.8, 4) is 5.75 Å². The summed E-state index contributed by atoms with van der Waals surface area (Å²) in [4.78, 5) is 23.8. The molecule has 0 spiro atoms. The van der Waals surface area contributed by atoms with Gasteiger partial charge in [0.05, 0.1) is 6.61 Å². The van der Waals surface area contributed by atoms with Gasteiger partial charge in [-0.25, -0.2) is 9.59 Å². The molecule has 5 heteroatoms. The van der Waals surface area contributed by atoms with Crippen LogP contribution in [0.3, 0.4) is 0 Å². The Bertz CT molecular complexity index is 591. The third-order valence-corrected chi connectivity index (χ3v) is 2.87. The molecule has 1 aliphatic rings. The quantitative estimate of drug-likeness (QED) is 0.486. The van der Waals surface area contributed by atoms with E-state index in [1.807, 2.05) is 6.07 Å². The summed E-state index contributed by atoms with van der Waals surface area (Å²) in [5.41, 5.74) is 0.546. The van der Waals surface area contributed by atoms with Gasteiger partial charge in [0.15, 0.2) is 0 Å². The van der Waals surface area contributed by atoms with Gasteiger partial charge in [-0.1, -0.05) is 26.0 Å². The van der Waals surface area contributed by atoms with Gasteiger partial charge in [-0.2, -0.15) is 0 Å². The fourth-order valence-electron chi connectivity index (χ4n) is 1.90. The lowest BCUT2D eigenvalue weighted by molar-refractivity contribution is -0.222. The highest BCUT2D eigenvalue weighted by Gasteiger charge is 2.38. The van der Waals surface area contributed by atoms with Crippen molar-refractivity contribution in [2.24, 2.45) is 5.92 Å². The van der Waals surface area contributed by atoms with Crippen LogP contribution in [0.4, 0.5) is 0 Å². The van der Waals surface area contributed by atoms with Gasteiger partial charge in [-0.15, -0.1) is 0 Å². The van der Waals surface area contributed by atoms with Crippen LogP contribution in [-0.4, -0.2) is 24.3 Å². The van der Waals surface area contributed by atoms with Crippen LogP contribution in [0.2, 0.25) is 0 Å².